The topological polar surface area (TPSA) is 108 Å². The summed E-state index contributed by atoms with van der Waals surface area (Å²) in [5, 5.41) is 0. The maximum atomic E-state index is 12.4. The van der Waals surface area contributed by atoms with Crippen LogP contribution in [0.5, 0.6) is 0 Å². The Kier molecular flexibility index (Phi) is 9.32. The summed E-state index contributed by atoms with van der Waals surface area (Å²) in [6.07, 6.45) is 0.0891. The molecule has 0 heterocycles. The highest BCUT2D eigenvalue weighted by Gasteiger charge is 2.30. The summed E-state index contributed by atoms with van der Waals surface area (Å²) in [6.45, 7) is 9.84. The number of benzene rings is 2. The van der Waals surface area contributed by atoms with Gasteiger partial charge in [-0.3, -0.25) is 0 Å². The van der Waals surface area contributed by atoms with Gasteiger partial charge in [0.2, 0.25) is 0 Å². The summed E-state index contributed by atoms with van der Waals surface area (Å²) >= 11 is 0. The quantitative estimate of drug-likeness (QED) is 0.265. The summed E-state index contributed by atoms with van der Waals surface area (Å²) in [5.74, 6) is -0.956. The van der Waals surface area contributed by atoms with Crippen LogP contribution >= 0.6 is 0 Å². The maximum Gasteiger partial charge on any atom is 0.516 e. The second-order valence-corrected chi connectivity index (χ2v) is 10.6. The van der Waals surface area contributed by atoms with E-state index in [1.165, 1.54) is 0 Å². The van der Waals surface area contributed by atoms with Crippen LogP contribution in [0, 0.1) is 0 Å². The fourth-order valence-corrected chi connectivity index (χ4v) is 4.42. The number of carbonyl (C=O) groups is 3. The van der Waals surface area contributed by atoms with Crippen molar-refractivity contribution in [2.45, 2.75) is 77.5 Å². The summed E-state index contributed by atoms with van der Waals surface area (Å²) < 4.78 is 15.6. The first-order valence-corrected chi connectivity index (χ1v) is 12.8. The number of fused-ring (bicyclic) bond motifs is 3. The van der Waals surface area contributed by atoms with Gasteiger partial charge in [-0.25, -0.2) is 14.4 Å². The average Bonchev–Trinajstić information content (AvgIpc) is 3.14. The van der Waals surface area contributed by atoms with Gasteiger partial charge in [-0.15, -0.1) is 0 Å². The molecule has 2 N–H and O–H groups in total. The molecule has 8 heteroatoms. The minimum atomic E-state index is -1.06. The Bertz CT molecular complexity index is 1060. The fourth-order valence-electron chi connectivity index (χ4n) is 4.42. The molecule has 1 aliphatic rings. The number of nitrogens with zero attached hydrogens (tertiary/aromatic N) is 1. The van der Waals surface area contributed by atoms with E-state index in [0.29, 0.717) is 25.8 Å². The number of esters is 1. The van der Waals surface area contributed by atoms with Gasteiger partial charge in [0.1, 0.15) is 18.2 Å². The zero-order valence-electron chi connectivity index (χ0n) is 22.4. The Balaban J connectivity index is 1.43. The van der Waals surface area contributed by atoms with Crippen molar-refractivity contribution in [3.8, 4) is 11.1 Å². The highest BCUT2D eigenvalue weighted by Crippen LogP contribution is 2.44. The second-order valence-electron chi connectivity index (χ2n) is 10.6. The third-order valence-corrected chi connectivity index (χ3v) is 6.23. The van der Waals surface area contributed by atoms with E-state index >= 15 is 0 Å². The number of carbonyl (C=O) groups excluding carboxylic acids is 3. The Labute approximate surface area is 219 Å². The number of hydrogen-bond donors (Lipinski definition) is 1. The first-order chi connectivity index (χ1) is 17.5. The lowest BCUT2D eigenvalue weighted by Crippen LogP contribution is -2.41. The van der Waals surface area contributed by atoms with E-state index in [1.807, 2.05) is 83.1 Å². The van der Waals surface area contributed by atoms with E-state index in [-0.39, 0.29) is 24.7 Å². The van der Waals surface area contributed by atoms with Gasteiger partial charge in [0.15, 0.2) is 0 Å². The first kappa shape index (κ1) is 28.2. The molecule has 0 aliphatic heterocycles. The normalized spacial score (nSPS) is 13.5. The van der Waals surface area contributed by atoms with Crippen molar-refractivity contribution in [2.75, 3.05) is 13.2 Å². The molecule has 1 amide bonds. The van der Waals surface area contributed by atoms with Crippen LogP contribution in [0.1, 0.15) is 70.9 Å². The smallest absolute Gasteiger partial charge is 0.444 e. The van der Waals surface area contributed by atoms with Crippen LogP contribution in [-0.4, -0.2) is 54.0 Å². The van der Waals surface area contributed by atoms with Gasteiger partial charge in [-0.2, -0.15) is 0 Å². The molecule has 0 radical (unpaired) electrons. The first-order valence-electron chi connectivity index (χ1n) is 12.8. The maximum absolute atomic E-state index is 12.4. The van der Waals surface area contributed by atoms with Gasteiger partial charge in [-0.1, -0.05) is 48.5 Å². The Morgan fingerprint density at radius 2 is 1.51 bits per heavy atom. The predicted octanol–water partition coefficient (Wildman–Crippen LogP) is 5.62. The molecule has 0 fully saturated rings. The SMILES string of the molecule is CC(C)N(CCCC[C@H](N)C(=O)OC(=O)OCC1c2ccccc2-c2ccccc21)C(=O)OC(C)(C)C. The minimum Gasteiger partial charge on any atom is -0.444 e. The molecule has 1 aliphatic carbocycles. The predicted molar refractivity (Wildman–Crippen MR) is 141 cm³/mol. The van der Waals surface area contributed by atoms with Crippen LogP contribution in [0.4, 0.5) is 9.59 Å². The number of unbranched alkanes of at least 4 members (excludes halogenated alkanes) is 1. The monoisotopic (exact) mass is 510 g/mol. The van der Waals surface area contributed by atoms with Crippen molar-refractivity contribution in [1.29, 1.82) is 0 Å². The molecule has 8 nitrogen and oxygen atoms in total. The molecule has 2 aromatic carbocycles. The van der Waals surface area contributed by atoms with E-state index in [0.717, 1.165) is 22.3 Å². The van der Waals surface area contributed by atoms with E-state index in [9.17, 15) is 14.4 Å². The fraction of sp³-hybridized carbons (Fsp3) is 0.483. The van der Waals surface area contributed by atoms with Crippen LogP contribution in [0.3, 0.4) is 0 Å². The molecule has 0 aromatic heterocycles. The third kappa shape index (κ3) is 7.55. The van der Waals surface area contributed by atoms with Crippen molar-refractivity contribution in [3.05, 3.63) is 59.7 Å². The highest BCUT2D eigenvalue weighted by molar-refractivity contribution is 5.85. The van der Waals surface area contributed by atoms with Gasteiger partial charge in [-0.05, 0) is 76.1 Å². The van der Waals surface area contributed by atoms with Gasteiger partial charge in [0.25, 0.3) is 0 Å². The number of nitrogens with two attached hydrogens (primary N) is 1. The zero-order valence-corrected chi connectivity index (χ0v) is 22.4. The van der Waals surface area contributed by atoms with Crippen molar-refractivity contribution < 1.29 is 28.6 Å². The van der Waals surface area contributed by atoms with E-state index in [4.69, 9.17) is 19.9 Å². The molecule has 0 bridgehead atoms. The van der Waals surface area contributed by atoms with Crippen LogP contribution in [0.2, 0.25) is 0 Å². The number of amides is 1. The lowest BCUT2D eigenvalue weighted by atomic mass is 9.98. The third-order valence-electron chi connectivity index (χ3n) is 6.23. The largest absolute Gasteiger partial charge is 0.516 e. The van der Waals surface area contributed by atoms with Crippen molar-refractivity contribution >= 4 is 18.2 Å². The van der Waals surface area contributed by atoms with E-state index in [1.54, 1.807) is 4.90 Å². The average molecular weight is 511 g/mol. The summed E-state index contributed by atoms with van der Waals surface area (Å²) in [5.41, 5.74) is 9.73. The van der Waals surface area contributed by atoms with E-state index < -0.39 is 23.8 Å². The van der Waals surface area contributed by atoms with Gasteiger partial charge in [0, 0.05) is 18.5 Å². The van der Waals surface area contributed by atoms with Gasteiger partial charge >= 0.3 is 18.2 Å². The molecular formula is C29H38N2O6. The lowest BCUT2D eigenvalue weighted by Gasteiger charge is -2.30. The minimum absolute atomic E-state index is 0.0259. The molecule has 2 aromatic rings. The van der Waals surface area contributed by atoms with Crippen molar-refractivity contribution in [3.63, 3.8) is 0 Å². The Hall–Kier alpha value is -3.39. The Morgan fingerprint density at radius 1 is 0.946 bits per heavy atom. The highest BCUT2D eigenvalue weighted by atomic mass is 16.7. The molecule has 3 rings (SSSR count). The molecule has 0 saturated heterocycles. The zero-order chi connectivity index (χ0) is 27.2. The van der Waals surface area contributed by atoms with Gasteiger partial charge in [0.05, 0.1) is 0 Å². The summed E-state index contributed by atoms with van der Waals surface area (Å²) in [6, 6.07) is 15.0. The summed E-state index contributed by atoms with van der Waals surface area (Å²) in [7, 11) is 0. The molecule has 0 saturated carbocycles. The van der Waals surface area contributed by atoms with Crippen LogP contribution in [-0.2, 0) is 19.0 Å². The lowest BCUT2D eigenvalue weighted by molar-refractivity contribution is -0.141. The van der Waals surface area contributed by atoms with Crippen molar-refractivity contribution in [2.24, 2.45) is 5.73 Å². The number of rotatable bonds is 9. The van der Waals surface area contributed by atoms with Gasteiger partial charge < -0.3 is 24.8 Å². The number of hydrogen-bond acceptors (Lipinski definition) is 7. The molecular weight excluding hydrogens is 472 g/mol. The molecule has 0 spiro atoms. The molecule has 0 unspecified atom stereocenters. The Morgan fingerprint density at radius 3 is 2.05 bits per heavy atom. The molecule has 1 atom stereocenters. The van der Waals surface area contributed by atoms with E-state index in [2.05, 4.69) is 0 Å². The molecule has 200 valence electrons. The standard InChI is InChI=1S/C29H38N2O6/c1-19(2)31(27(33)37-29(3,4)5)17-11-10-16-25(30)26(32)36-28(34)35-18-24-22-14-8-6-12-20(22)21-13-7-9-15-23(21)24/h6-9,12-15,19,24-25H,10-11,16-18,30H2,1-5H3/t25-/m0/s1. The van der Waals surface area contributed by atoms with Crippen LogP contribution < -0.4 is 5.73 Å². The molecule has 37 heavy (non-hydrogen) atoms. The van der Waals surface area contributed by atoms with Crippen LogP contribution in [0.15, 0.2) is 48.5 Å². The van der Waals surface area contributed by atoms with Crippen molar-refractivity contribution in [1.82, 2.24) is 4.90 Å². The second kappa shape index (κ2) is 12.2. The number of ether oxygens (including phenoxy) is 3. The van der Waals surface area contributed by atoms with Crippen LogP contribution in [0.25, 0.3) is 11.1 Å². The summed E-state index contributed by atoms with van der Waals surface area (Å²) in [4.78, 5) is 38.6.